The number of halogens is 3. The zero-order valence-electron chi connectivity index (χ0n) is 14.2. The molecule has 27 heavy (non-hydrogen) atoms. The monoisotopic (exact) mass is 399 g/mol. The van der Waals surface area contributed by atoms with Crippen molar-refractivity contribution in [2.75, 3.05) is 11.3 Å². The lowest BCUT2D eigenvalue weighted by molar-refractivity contribution is -0.138. The summed E-state index contributed by atoms with van der Waals surface area (Å²) in [6.45, 7) is 1.94. The largest absolute Gasteiger partial charge is 0.463 e. The van der Waals surface area contributed by atoms with Crippen LogP contribution >= 0.6 is 0 Å². The number of carbonyl (C=O) groups excluding carboxylic acids is 1. The molecule has 2 rings (SSSR count). The lowest BCUT2D eigenvalue weighted by Crippen LogP contribution is -2.13. The van der Waals surface area contributed by atoms with E-state index in [-0.39, 0.29) is 17.2 Å². The van der Waals surface area contributed by atoms with Crippen LogP contribution in [-0.4, -0.2) is 21.0 Å². The molecule has 0 aliphatic rings. The van der Waals surface area contributed by atoms with Crippen molar-refractivity contribution >= 4 is 27.8 Å². The second-order valence-electron chi connectivity index (χ2n) is 5.34. The molecule has 0 radical (unpaired) electrons. The predicted octanol–water partition coefficient (Wildman–Crippen LogP) is 4.08. The van der Waals surface area contributed by atoms with E-state index >= 15 is 0 Å². The molecule has 0 heterocycles. The second kappa shape index (κ2) is 8.26. The molecule has 1 N–H and O–H groups in total. The Morgan fingerprint density at radius 3 is 2.19 bits per heavy atom. The quantitative estimate of drug-likeness (QED) is 0.587. The Morgan fingerprint density at radius 1 is 1.07 bits per heavy atom. The summed E-state index contributed by atoms with van der Waals surface area (Å²) in [4.78, 5) is 11.0. The van der Waals surface area contributed by atoms with Crippen LogP contribution in [0.5, 0.6) is 0 Å². The van der Waals surface area contributed by atoms with Crippen molar-refractivity contribution in [3.63, 3.8) is 0 Å². The van der Waals surface area contributed by atoms with Gasteiger partial charge >= 0.3 is 12.1 Å². The van der Waals surface area contributed by atoms with Crippen molar-refractivity contribution < 1.29 is 31.1 Å². The number of alkyl halides is 3. The van der Waals surface area contributed by atoms with Gasteiger partial charge in [-0.3, -0.25) is 4.72 Å². The molecule has 0 saturated carbocycles. The fourth-order valence-corrected chi connectivity index (χ4v) is 3.11. The van der Waals surface area contributed by atoms with Crippen LogP contribution in [0.3, 0.4) is 0 Å². The van der Waals surface area contributed by atoms with Crippen molar-refractivity contribution in [1.29, 1.82) is 0 Å². The Bertz CT molecular complexity index is 919. The molecule has 0 aromatic heterocycles. The Kier molecular flexibility index (Phi) is 6.27. The maximum Gasteiger partial charge on any atom is 0.416 e. The maximum absolute atomic E-state index is 12.6. The van der Waals surface area contributed by atoms with Gasteiger partial charge in [0.2, 0.25) is 0 Å². The number of sulfonamides is 1. The van der Waals surface area contributed by atoms with E-state index in [0.717, 1.165) is 12.1 Å². The van der Waals surface area contributed by atoms with Gasteiger partial charge in [0.1, 0.15) is 0 Å². The lowest BCUT2D eigenvalue weighted by Gasteiger charge is -2.10. The number of esters is 1. The normalized spacial score (nSPS) is 12.1. The number of ether oxygens (including phenoxy) is 1. The van der Waals surface area contributed by atoms with E-state index in [4.69, 9.17) is 4.74 Å². The van der Waals surface area contributed by atoms with Crippen molar-refractivity contribution in [1.82, 2.24) is 0 Å². The number of anilines is 1. The third kappa shape index (κ3) is 5.85. The minimum atomic E-state index is -4.54. The van der Waals surface area contributed by atoms with Gasteiger partial charge in [0.05, 0.1) is 17.1 Å². The van der Waals surface area contributed by atoms with Gasteiger partial charge in [0, 0.05) is 11.8 Å². The molecule has 0 unspecified atom stereocenters. The van der Waals surface area contributed by atoms with Crippen LogP contribution in [0.15, 0.2) is 59.5 Å². The number of nitrogens with one attached hydrogen (secondary N) is 1. The molecule has 9 heteroatoms. The highest BCUT2D eigenvalue weighted by Gasteiger charge is 2.30. The van der Waals surface area contributed by atoms with E-state index in [2.05, 4.69) is 4.72 Å². The molecule has 0 atom stereocenters. The van der Waals surface area contributed by atoms with Crippen molar-refractivity contribution in [2.45, 2.75) is 18.0 Å². The summed E-state index contributed by atoms with van der Waals surface area (Å²) >= 11 is 0. The van der Waals surface area contributed by atoms with Gasteiger partial charge in [0.25, 0.3) is 10.0 Å². The van der Waals surface area contributed by atoms with Crippen LogP contribution < -0.4 is 4.72 Å². The van der Waals surface area contributed by atoms with Crippen LogP contribution in [-0.2, 0) is 25.7 Å². The molecule has 2 aromatic carbocycles. The summed E-state index contributed by atoms with van der Waals surface area (Å²) < 4.78 is 69.2. The summed E-state index contributed by atoms with van der Waals surface area (Å²) in [5.74, 6) is -0.496. The van der Waals surface area contributed by atoms with Gasteiger partial charge in [-0.1, -0.05) is 12.1 Å². The summed E-state index contributed by atoms with van der Waals surface area (Å²) in [6.07, 6.45) is -1.79. The Balaban J connectivity index is 2.10. The van der Waals surface area contributed by atoms with Gasteiger partial charge in [-0.2, -0.15) is 13.2 Å². The minimum absolute atomic E-state index is 0.225. The van der Waals surface area contributed by atoms with E-state index in [1.165, 1.54) is 24.3 Å². The number of hydrogen-bond donors (Lipinski definition) is 1. The fraction of sp³-hybridized carbons (Fsp3) is 0.167. The highest BCUT2D eigenvalue weighted by molar-refractivity contribution is 7.92. The molecule has 2 aromatic rings. The first-order chi connectivity index (χ1) is 12.6. The lowest BCUT2D eigenvalue weighted by atomic mass is 10.2. The van der Waals surface area contributed by atoms with Gasteiger partial charge < -0.3 is 4.74 Å². The predicted molar refractivity (Wildman–Crippen MR) is 94.4 cm³/mol. The number of rotatable bonds is 6. The van der Waals surface area contributed by atoms with Crippen LogP contribution in [0.25, 0.3) is 6.08 Å². The maximum atomic E-state index is 12.6. The van der Waals surface area contributed by atoms with Crippen LogP contribution in [0.1, 0.15) is 18.1 Å². The molecular weight excluding hydrogens is 383 g/mol. The minimum Gasteiger partial charge on any atom is -0.463 e. The van der Waals surface area contributed by atoms with E-state index in [1.807, 2.05) is 0 Å². The van der Waals surface area contributed by atoms with E-state index in [0.29, 0.717) is 17.7 Å². The average Bonchev–Trinajstić information content (AvgIpc) is 2.60. The Morgan fingerprint density at radius 2 is 1.67 bits per heavy atom. The Labute approximate surface area is 154 Å². The number of benzene rings is 2. The average molecular weight is 399 g/mol. The molecule has 0 amide bonds. The number of carbonyl (C=O) groups is 1. The summed E-state index contributed by atoms with van der Waals surface area (Å²) in [6, 6.07) is 9.26. The molecule has 0 bridgehead atoms. The van der Waals surface area contributed by atoms with E-state index in [1.54, 1.807) is 19.1 Å². The van der Waals surface area contributed by atoms with Gasteiger partial charge in [-0.25, -0.2) is 13.2 Å². The van der Waals surface area contributed by atoms with Crippen molar-refractivity contribution in [3.05, 3.63) is 65.7 Å². The Hall–Kier alpha value is -2.81. The molecule has 0 aliphatic heterocycles. The number of hydrogen-bond acceptors (Lipinski definition) is 4. The van der Waals surface area contributed by atoms with Gasteiger partial charge in [-0.05, 0) is 55.0 Å². The smallest absolute Gasteiger partial charge is 0.416 e. The highest BCUT2D eigenvalue weighted by atomic mass is 32.2. The summed E-state index contributed by atoms with van der Waals surface area (Å²) in [5, 5.41) is 0. The second-order valence-corrected chi connectivity index (χ2v) is 7.02. The summed E-state index contributed by atoms with van der Waals surface area (Å²) in [5.41, 5.74) is -0.0668. The molecule has 144 valence electrons. The van der Waals surface area contributed by atoms with Gasteiger partial charge in [0.15, 0.2) is 0 Å². The molecule has 0 fully saturated rings. The van der Waals surface area contributed by atoms with Crippen LogP contribution in [0.4, 0.5) is 18.9 Å². The van der Waals surface area contributed by atoms with Gasteiger partial charge in [-0.15, -0.1) is 0 Å². The molecule has 0 saturated heterocycles. The molecule has 0 aliphatic carbocycles. The first-order valence-electron chi connectivity index (χ1n) is 7.77. The molecular formula is C18H16F3NO4S. The van der Waals surface area contributed by atoms with E-state index < -0.39 is 27.7 Å². The zero-order chi connectivity index (χ0) is 20.1. The third-order valence-corrected chi connectivity index (χ3v) is 4.75. The third-order valence-electron chi connectivity index (χ3n) is 3.35. The van der Waals surface area contributed by atoms with Crippen molar-refractivity contribution in [2.24, 2.45) is 0 Å². The molecule has 0 spiro atoms. The first-order valence-corrected chi connectivity index (χ1v) is 9.25. The van der Waals surface area contributed by atoms with E-state index in [9.17, 15) is 26.4 Å². The SMILES string of the molecule is CCOC(=O)/C=C/c1ccc(NS(=O)(=O)c2ccc(C(F)(F)F)cc2)cc1. The molecule has 5 nitrogen and oxygen atoms in total. The topological polar surface area (TPSA) is 72.5 Å². The van der Waals surface area contributed by atoms with Crippen LogP contribution in [0.2, 0.25) is 0 Å². The zero-order valence-corrected chi connectivity index (χ0v) is 15.0. The fourth-order valence-electron chi connectivity index (χ4n) is 2.05. The highest BCUT2D eigenvalue weighted by Crippen LogP contribution is 2.30. The van der Waals surface area contributed by atoms with Crippen molar-refractivity contribution in [3.8, 4) is 0 Å². The van der Waals surface area contributed by atoms with Crippen LogP contribution in [0, 0.1) is 0 Å². The first kappa shape index (κ1) is 20.5. The summed E-state index contributed by atoms with van der Waals surface area (Å²) in [7, 11) is -4.03. The standard InChI is InChI=1S/C18H16F3NO4S/c1-2-26-17(23)12-5-13-3-8-15(9-4-13)22-27(24,25)16-10-6-14(7-11-16)18(19,20)21/h3-12,22H,2H2,1H3/b12-5+.